The molecule has 0 radical (unpaired) electrons. The van der Waals surface area contributed by atoms with Crippen molar-refractivity contribution in [2.75, 3.05) is 13.2 Å². The summed E-state index contributed by atoms with van der Waals surface area (Å²) in [6.45, 7) is 3.44. The van der Waals surface area contributed by atoms with Crippen molar-refractivity contribution in [3.63, 3.8) is 0 Å². The fraction of sp³-hybridized carbons (Fsp3) is 0.800. The van der Waals surface area contributed by atoms with Crippen LogP contribution in [0, 0.1) is 0 Å². The van der Waals surface area contributed by atoms with E-state index in [1.54, 1.807) is 0 Å². The normalized spacial score (nSPS) is 13.8. The lowest BCUT2D eigenvalue weighted by atomic mass is 10.3. The highest BCUT2D eigenvalue weighted by atomic mass is 32.1. The summed E-state index contributed by atoms with van der Waals surface area (Å²) in [5, 5.41) is 12.2. The third-order valence-corrected chi connectivity index (χ3v) is 3.12. The van der Waals surface area contributed by atoms with Gasteiger partial charge in [0.05, 0.1) is 6.04 Å². The molecule has 0 amide bonds. The standard InChI is InChI=1S/C10H16F3N3OS/c1-3-4-14-7(2)9-16-15-8(18-9)5-17-6-10(11,12)13/h7,14H,3-6H2,1-2H3. The number of hydrogen-bond donors (Lipinski definition) is 1. The highest BCUT2D eigenvalue weighted by molar-refractivity contribution is 7.11. The Balaban J connectivity index is 2.38. The maximum absolute atomic E-state index is 11.9. The van der Waals surface area contributed by atoms with Gasteiger partial charge in [0, 0.05) is 0 Å². The molecule has 0 aromatic carbocycles. The molecule has 0 saturated carbocycles. The number of nitrogens with one attached hydrogen (secondary N) is 1. The first-order chi connectivity index (χ1) is 8.42. The van der Waals surface area contributed by atoms with Crippen LogP contribution in [0.5, 0.6) is 0 Å². The molecule has 1 N–H and O–H groups in total. The van der Waals surface area contributed by atoms with E-state index in [0.29, 0.717) is 5.01 Å². The van der Waals surface area contributed by atoms with Crippen LogP contribution in [0.25, 0.3) is 0 Å². The molecule has 0 aliphatic rings. The Bertz CT molecular complexity index is 356. The Kier molecular flexibility index (Phi) is 5.97. The van der Waals surface area contributed by atoms with Crippen LogP contribution in [0.3, 0.4) is 0 Å². The van der Waals surface area contributed by atoms with Crippen LogP contribution < -0.4 is 5.32 Å². The van der Waals surface area contributed by atoms with Gasteiger partial charge in [-0.3, -0.25) is 0 Å². The summed E-state index contributed by atoms with van der Waals surface area (Å²) >= 11 is 1.26. The summed E-state index contributed by atoms with van der Waals surface area (Å²) in [7, 11) is 0. The van der Waals surface area contributed by atoms with Gasteiger partial charge >= 0.3 is 6.18 Å². The fourth-order valence-corrected chi connectivity index (χ4v) is 2.01. The van der Waals surface area contributed by atoms with Crippen LogP contribution in [0.1, 0.15) is 36.3 Å². The van der Waals surface area contributed by atoms with E-state index in [1.165, 1.54) is 11.3 Å². The van der Waals surface area contributed by atoms with Gasteiger partial charge in [-0.1, -0.05) is 18.3 Å². The van der Waals surface area contributed by atoms with Gasteiger partial charge in [0.1, 0.15) is 23.2 Å². The van der Waals surface area contributed by atoms with Gasteiger partial charge in [-0.15, -0.1) is 10.2 Å². The number of alkyl halides is 3. The lowest BCUT2D eigenvalue weighted by Crippen LogP contribution is -2.19. The molecular formula is C10H16F3N3OS. The Hall–Kier alpha value is -0.730. The van der Waals surface area contributed by atoms with E-state index in [1.807, 2.05) is 6.92 Å². The average molecular weight is 283 g/mol. The van der Waals surface area contributed by atoms with Crippen molar-refractivity contribution in [3.05, 3.63) is 10.0 Å². The van der Waals surface area contributed by atoms with Gasteiger partial charge < -0.3 is 10.1 Å². The summed E-state index contributed by atoms with van der Waals surface area (Å²) in [6, 6.07) is 0.0545. The molecule has 8 heteroatoms. The number of halogens is 3. The van der Waals surface area contributed by atoms with Gasteiger partial charge in [0.15, 0.2) is 0 Å². The van der Waals surface area contributed by atoms with Gasteiger partial charge in [0.25, 0.3) is 0 Å². The number of aromatic nitrogens is 2. The van der Waals surface area contributed by atoms with Crippen LogP contribution in [-0.4, -0.2) is 29.5 Å². The van der Waals surface area contributed by atoms with Crippen molar-refractivity contribution >= 4 is 11.3 Å². The predicted octanol–water partition coefficient (Wildman–Crippen LogP) is 2.68. The second-order valence-corrected chi connectivity index (χ2v) is 4.91. The molecule has 0 bridgehead atoms. The van der Waals surface area contributed by atoms with Gasteiger partial charge in [-0.2, -0.15) is 13.2 Å². The molecule has 104 valence electrons. The van der Waals surface area contributed by atoms with Crippen molar-refractivity contribution in [1.82, 2.24) is 15.5 Å². The molecule has 0 fully saturated rings. The zero-order valence-corrected chi connectivity index (χ0v) is 11.1. The molecule has 1 rings (SSSR count). The molecular weight excluding hydrogens is 267 g/mol. The highest BCUT2D eigenvalue weighted by Crippen LogP contribution is 2.20. The smallest absolute Gasteiger partial charge is 0.365 e. The van der Waals surface area contributed by atoms with Gasteiger partial charge in [0.2, 0.25) is 0 Å². The van der Waals surface area contributed by atoms with Crippen LogP contribution >= 0.6 is 11.3 Å². The summed E-state index contributed by atoms with van der Waals surface area (Å²) in [5.41, 5.74) is 0. The molecule has 0 saturated heterocycles. The molecule has 0 aliphatic carbocycles. The van der Waals surface area contributed by atoms with E-state index < -0.39 is 12.8 Å². The van der Waals surface area contributed by atoms with E-state index in [0.717, 1.165) is 18.0 Å². The Morgan fingerprint density at radius 1 is 1.39 bits per heavy atom. The minimum atomic E-state index is -4.30. The molecule has 18 heavy (non-hydrogen) atoms. The largest absolute Gasteiger partial charge is 0.411 e. The van der Waals surface area contributed by atoms with Crippen molar-refractivity contribution in [1.29, 1.82) is 0 Å². The number of ether oxygens (including phenoxy) is 1. The zero-order valence-electron chi connectivity index (χ0n) is 10.3. The SMILES string of the molecule is CCCNC(C)c1nnc(COCC(F)(F)F)s1. The Morgan fingerprint density at radius 3 is 2.72 bits per heavy atom. The summed E-state index contributed by atoms with van der Waals surface area (Å²) in [5.74, 6) is 0. The van der Waals surface area contributed by atoms with Crippen molar-refractivity contribution in [2.24, 2.45) is 0 Å². The van der Waals surface area contributed by atoms with Crippen LogP contribution in [-0.2, 0) is 11.3 Å². The first-order valence-corrected chi connectivity index (χ1v) is 6.44. The first-order valence-electron chi connectivity index (χ1n) is 5.62. The number of hydrogen-bond acceptors (Lipinski definition) is 5. The molecule has 0 spiro atoms. The minimum absolute atomic E-state index is 0.0545. The maximum atomic E-state index is 11.9. The molecule has 1 aromatic rings. The number of rotatable bonds is 7. The Labute approximate surface area is 108 Å². The van der Waals surface area contributed by atoms with E-state index in [9.17, 15) is 13.2 Å². The molecule has 1 unspecified atom stereocenters. The van der Waals surface area contributed by atoms with Crippen molar-refractivity contribution in [2.45, 2.75) is 39.1 Å². The summed E-state index contributed by atoms with van der Waals surface area (Å²) in [4.78, 5) is 0. The van der Waals surface area contributed by atoms with Crippen molar-refractivity contribution < 1.29 is 17.9 Å². The molecule has 1 aromatic heterocycles. The van der Waals surface area contributed by atoms with Crippen LogP contribution in [0.2, 0.25) is 0 Å². The monoisotopic (exact) mass is 283 g/mol. The maximum Gasteiger partial charge on any atom is 0.411 e. The van der Waals surface area contributed by atoms with E-state index in [4.69, 9.17) is 0 Å². The quantitative estimate of drug-likeness (QED) is 0.835. The second kappa shape index (κ2) is 7.01. The summed E-state index contributed by atoms with van der Waals surface area (Å²) < 4.78 is 40.1. The molecule has 0 aliphatic heterocycles. The van der Waals surface area contributed by atoms with Crippen LogP contribution in [0.15, 0.2) is 0 Å². The molecule has 4 nitrogen and oxygen atoms in total. The lowest BCUT2D eigenvalue weighted by Gasteiger charge is -2.08. The second-order valence-electron chi connectivity index (χ2n) is 3.82. The van der Waals surface area contributed by atoms with E-state index in [2.05, 4.69) is 27.2 Å². The average Bonchev–Trinajstić information content (AvgIpc) is 2.73. The van der Waals surface area contributed by atoms with Crippen molar-refractivity contribution in [3.8, 4) is 0 Å². The van der Waals surface area contributed by atoms with E-state index >= 15 is 0 Å². The highest BCUT2D eigenvalue weighted by Gasteiger charge is 2.27. The number of nitrogens with zero attached hydrogens (tertiary/aromatic N) is 2. The predicted molar refractivity (Wildman–Crippen MR) is 62.3 cm³/mol. The van der Waals surface area contributed by atoms with Gasteiger partial charge in [-0.25, -0.2) is 0 Å². The minimum Gasteiger partial charge on any atom is -0.365 e. The zero-order chi connectivity index (χ0) is 13.6. The third kappa shape index (κ3) is 5.74. The first kappa shape index (κ1) is 15.3. The van der Waals surface area contributed by atoms with E-state index in [-0.39, 0.29) is 12.6 Å². The molecule has 1 heterocycles. The fourth-order valence-electron chi connectivity index (χ4n) is 1.20. The topological polar surface area (TPSA) is 47.0 Å². The Morgan fingerprint density at radius 2 is 2.11 bits per heavy atom. The third-order valence-electron chi connectivity index (χ3n) is 2.04. The molecule has 1 atom stereocenters. The summed E-state index contributed by atoms with van der Waals surface area (Å²) in [6.07, 6.45) is -3.30. The lowest BCUT2D eigenvalue weighted by molar-refractivity contribution is -0.176. The van der Waals surface area contributed by atoms with Gasteiger partial charge in [-0.05, 0) is 19.9 Å². The van der Waals surface area contributed by atoms with Crippen LogP contribution in [0.4, 0.5) is 13.2 Å².